The van der Waals surface area contributed by atoms with Crippen molar-refractivity contribution in [2.45, 2.75) is 12.5 Å². The third kappa shape index (κ3) is 2.61. The first-order valence-electron chi connectivity index (χ1n) is 8.33. The van der Waals surface area contributed by atoms with Crippen LogP contribution in [-0.2, 0) is 6.42 Å². The number of carbonyl (C=O) groups is 1. The Kier molecular flexibility index (Phi) is 3.87. The van der Waals surface area contributed by atoms with Gasteiger partial charge in [-0.05, 0) is 23.6 Å². The predicted molar refractivity (Wildman–Crippen MR) is 97.4 cm³/mol. The highest BCUT2D eigenvalue weighted by Crippen LogP contribution is 2.36. The number of benzene rings is 3. The monoisotopic (exact) mass is 313 g/mol. The van der Waals surface area contributed by atoms with E-state index in [-0.39, 0.29) is 11.8 Å². The smallest absolute Gasteiger partial charge is 0.189 e. The largest absolute Gasteiger partial charge is 0.357 e. The van der Waals surface area contributed by atoms with Crippen LogP contribution in [0, 0.1) is 0 Å². The molecule has 0 N–H and O–H groups in total. The second kappa shape index (κ2) is 6.32. The maximum Gasteiger partial charge on any atom is 0.189 e. The molecule has 0 amide bonds. The molecule has 2 nitrogen and oxygen atoms in total. The quantitative estimate of drug-likeness (QED) is 0.652. The number of rotatable bonds is 4. The molecule has 3 aromatic rings. The van der Waals surface area contributed by atoms with Crippen LogP contribution in [-0.4, -0.2) is 12.3 Å². The molecule has 4 rings (SSSR count). The average Bonchev–Trinajstić information content (AvgIpc) is 3.07. The van der Waals surface area contributed by atoms with Crippen LogP contribution in [0.15, 0.2) is 84.9 Å². The van der Waals surface area contributed by atoms with Crippen LogP contribution in [0.2, 0.25) is 0 Å². The Morgan fingerprint density at radius 2 is 1.42 bits per heavy atom. The number of anilines is 1. The van der Waals surface area contributed by atoms with Gasteiger partial charge in [0.1, 0.15) is 6.04 Å². The van der Waals surface area contributed by atoms with Gasteiger partial charge in [-0.15, -0.1) is 0 Å². The van der Waals surface area contributed by atoms with Crippen molar-refractivity contribution in [3.05, 3.63) is 102 Å². The Balaban J connectivity index is 1.79. The zero-order valence-electron chi connectivity index (χ0n) is 13.4. The van der Waals surface area contributed by atoms with Gasteiger partial charge in [-0.3, -0.25) is 4.79 Å². The molecule has 1 aliphatic rings. The fourth-order valence-electron chi connectivity index (χ4n) is 3.50. The van der Waals surface area contributed by atoms with E-state index in [1.165, 1.54) is 11.3 Å². The summed E-state index contributed by atoms with van der Waals surface area (Å²) in [5.41, 5.74) is 4.30. The van der Waals surface area contributed by atoms with Crippen molar-refractivity contribution in [2.75, 3.05) is 11.4 Å². The molecule has 3 aromatic carbocycles. The molecular weight excluding hydrogens is 294 g/mol. The van der Waals surface area contributed by atoms with Crippen LogP contribution in [0.5, 0.6) is 0 Å². The van der Waals surface area contributed by atoms with Crippen LogP contribution in [0.4, 0.5) is 5.69 Å². The van der Waals surface area contributed by atoms with E-state index in [2.05, 4.69) is 23.1 Å². The first-order chi connectivity index (χ1) is 11.8. The summed E-state index contributed by atoms with van der Waals surface area (Å²) in [6.45, 7) is 0.873. The molecular formula is C22H19NO. The lowest BCUT2D eigenvalue weighted by Crippen LogP contribution is -2.33. The molecule has 0 aliphatic carbocycles. The standard InChI is InChI=1S/C22H19NO/c24-22(19-12-5-2-6-13-19)21(18-10-3-1-4-11-18)23-16-15-17-9-7-8-14-20(17)23/h1-14,21H,15-16H2. The summed E-state index contributed by atoms with van der Waals surface area (Å²) >= 11 is 0. The van der Waals surface area contributed by atoms with E-state index >= 15 is 0 Å². The van der Waals surface area contributed by atoms with E-state index in [0.717, 1.165) is 24.1 Å². The summed E-state index contributed by atoms with van der Waals surface area (Å²) in [6.07, 6.45) is 0.988. The second-order valence-electron chi connectivity index (χ2n) is 6.12. The second-order valence-corrected chi connectivity index (χ2v) is 6.12. The Bertz CT molecular complexity index is 842. The first-order valence-corrected chi connectivity index (χ1v) is 8.33. The number of Topliss-reactive ketones (excluding diaryl/α,β-unsaturated/α-hetero) is 1. The molecule has 1 atom stereocenters. The van der Waals surface area contributed by atoms with Crippen molar-refractivity contribution in [3.8, 4) is 0 Å². The van der Waals surface area contributed by atoms with E-state index in [0.29, 0.717) is 0 Å². The lowest BCUT2D eigenvalue weighted by molar-refractivity contribution is 0.0958. The minimum Gasteiger partial charge on any atom is -0.357 e. The Morgan fingerprint density at radius 3 is 2.17 bits per heavy atom. The van der Waals surface area contributed by atoms with Gasteiger partial charge in [-0.1, -0.05) is 78.9 Å². The first kappa shape index (κ1) is 14.7. The van der Waals surface area contributed by atoms with E-state index in [1.54, 1.807) is 0 Å². The highest BCUT2D eigenvalue weighted by atomic mass is 16.1. The van der Waals surface area contributed by atoms with Gasteiger partial charge >= 0.3 is 0 Å². The van der Waals surface area contributed by atoms with Gasteiger partial charge < -0.3 is 4.90 Å². The normalized spacial score (nSPS) is 14.2. The van der Waals surface area contributed by atoms with Gasteiger partial charge in [0, 0.05) is 17.8 Å². The number of carbonyl (C=O) groups excluding carboxylic acids is 1. The van der Waals surface area contributed by atoms with E-state index in [9.17, 15) is 4.79 Å². The van der Waals surface area contributed by atoms with Gasteiger partial charge in [0.25, 0.3) is 0 Å². The molecule has 1 heterocycles. The zero-order chi connectivity index (χ0) is 16.4. The van der Waals surface area contributed by atoms with Crippen LogP contribution in [0.25, 0.3) is 0 Å². The maximum atomic E-state index is 13.3. The molecule has 0 fully saturated rings. The fourth-order valence-corrected chi connectivity index (χ4v) is 3.50. The number of para-hydroxylation sites is 1. The van der Waals surface area contributed by atoms with Crippen LogP contribution in [0.1, 0.15) is 27.5 Å². The highest BCUT2D eigenvalue weighted by Gasteiger charge is 2.32. The molecule has 118 valence electrons. The van der Waals surface area contributed by atoms with Crippen LogP contribution < -0.4 is 4.90 Å². The minimum atomic E-state index is -0.280. The predicted octanol–water partition coefficient (Wildman–Crippen LogP) is 4.67. The molecule has 0 radical (unpaired) electrons. The summed E-state index contributed by atoms with van der Waals surface area (Å²) < 4.78 is 0. The lowest BCUT2D eigenvalue weighted by Gasteiger charge is -2.30. The summed E-state index contributed by atoms with van der Waals surface area (Å²) in [4.78, 5) is 15.6. The number of hydrogen-bond acceptors (Lipinski definition) is 2. The molecule has 1 unspecified atom stereocenters. The third-order valence-electron chi connectivity index (χ3n) is 4.66. The Hall–Kier alpha value is -2.87. The summed E-state index contributed by atoms with van der Waals surface area (Å²) in [5, 5.41) is 0. The van der Waals surface area contributed by atoms with Gasteiger partial charge in [-0.25, -0.2) is 0 Å². The maximum absolute atomic E-state index is 13.3. The van der Waals surface area contributed by atoms with Crippen molar-refractivity contribution in [2.24, 2.45) is 0 Å². The van der Waals surface area contributed by atoms with Gasteiger partial charge in [0.15, 0.2) is 5.78 Å². The van der Waals surface area contributed by atoms with Gasteiger partial charge in [0.2, 0.25) is 0 Å². The van der Waals surface area contributed by atoms with E-state index in [1.807, 2.05) is 66.7 Å². The fraction of sp³-hybridized carbons (Fsp3) is 0.136. The molecule has 0 aromatic heterocycles. The average molecular weight is 313 g/mol. The molecule has 0 spiro atoms. The van der Waals surface area contributed by atoms with Crippen molar-refractivity contribution < 1.29 is 4.79 Å². The molecule has 1 aliphatic heterocycles. The molecule has 2 heteroatoms. The van der Waals surface area contributed by atoms with Crippen LogP contribution >= 0.6 is 0 Å². The van der Waals surface area contributed by atoms with E-state index < -0.39 is 0 Å². The SMILES string of the molecule is O=C(c1ccccc1)C(c1ccccc1)N1CCc2ccccc21. The molecule has 0 bridgehead atoms. The van der Waals surface area contributed by atoms with Crippen molar-refractivity contribution in [1.29, 1.82) is 0 Å². The topological polar surface area (TPSA) is 20.3 Å². The van der Waals surface area contributed by atoms with Gasteiger partial charge in [-0.2, -0.15) is 0 Å². The number of hydrogen-bond donors (Lipinski definition) is 0. The summed E-state index contributed by atoms with van der Waals surface area (Å²) in [5.74, 6) is 0.151. The number of fused-ring (bicyclic) bond motifs is 1. The van der Waals surface area contributed by atoms with Gasteiger partial charge in [0.05, 0.1) is 0 Å². The van der Waals surface area contributed by atoms with Crippen molar-refractivity contribution in [3.63, 3.8) is 0 Å². The highest BCUT2D eigenvalue weighted by molar-refractivity contribution is 6.02. The summed E-state index contributed by atoms with van der Waals surface area (Å²) in [7, 11) is 0. The molecule has 0 saturated heterocycles. The molecule has 0 saturated carbocycles. The minimum absolute atomic E-state index is 0.151. The van der Waals surface area contributed by atoms with Crippen molar-refractivity contribution in [1.82, 2.24) is 0 Å². The van der Waals surface area contributed by atoms with E-state index in [4.69, 9.17) is 0 Å². The Morgan fingerprint density at radius 1 is 0.792 bits per heavy atom. The number of ketones is 1. The Labute approximate surface area is 142 Å². The summed E-state index contributed by atoms with van der Waals surface area (Å²) in [6, 6.07) is 27.8. The van der Waals surface area contributed by atoms with Crippen molar-refractivity contribution >= 4 is 11.5 Å². The lowest BCUT2D eigenvalue weighted by atomic mass is 9.96. The number of nitrogens with zero attached hydrogens (tertiary/aromatic N) is 1. The molecule has 24 heavy (non-hydrogen) atoms. The van der Waals surface area contributed by atoms with Crippen LogP contribution in [0.3, 0.4) is 0 Å². The zero-order valence-corrected chi connectivity index (χ0v) is 13.4. The third-order valence-corrected chi connectivity index (χ3v) is 4.66.